The summed E-state index contributed by atoms with van der Waals surface area (Å²) in [6.07, 6.45) is 3.33. The van der Waals surface area contributed by atoms with Crippen LogP contribution in [-0.4, -0.2) is 81.7 Å². The Kier molecular flexibility index (Phi) is 5.79. The number of carbonyl (C=O) groups excluding carboxylic acids is 1. The van der Waals surface area contributed by atoms with Crippen LogP contribution in [0, 0.1) is 5.41 Å². The van der Waals surface area contributed by atoms with Crippen LogP contribution in [0.5, 0.6) is 0 Å². The third kappa shape index (κ3) is 4.07. The summed E-state index contributed by atoms with van der Waals surface area (Å²) >= 11 is 3.56. The van der Waals surface area contributed by atoms with E-state index >= 15 is 0 Å². The van der Waals surface area contributed by atoms with Gasteiger partial charge in [0.15, 0.2) is 5.82 Å². The molecule has 3 fully saturated rings. The maximum absolute atomic E-state index is 13.2. The number of aromatic nitrogens is 4. The highest BCUT2D eigenvalue weighted by molar-refractivity contribution is 9.10. The molecule has 0 unspecified atom stereocenters. The summed E-state index contributed by atoms with van der Waals surface area (Å²) in [6, 6.07) is 8.38. The zero-order chi connectivity index (χ0) is 25.0. The van der Waals surface area contributed by atoms with E-state index in [1.165, 1.54) is 6.33 Å². The molecule has 3 aliphatic rings. The Balaban J connectivity index is 1.10. The van der Waals surface area contributed by atoms with Gasteiger partial charge in [-0.2, -0.15) is 5.10 Å². The molecule has 6 rings (SSSR count). The average molecular weight is 554 g/mol. The van der Waals surface area contributed by atoms with Crippen LogP contribution in [0.3, 0.4) is 0 Å². The van der Waals surface area contributed by atoms with E-state index in [0.717, 1.165) is 67.2 Å². The summed E-state index contributed by atoms with van der Waals surface area (Å²) in [5, 5.41) is 7.51. The highest BCUT2D eigenvalue weighted by Gasteiger charge is 2.52. The molecule has 3 N–H and O–H groups in total. The van der Waals surface area contributed by atoms with Gasteiger partial charge in [0, 0.05) is 56.8 Å². The number of likely N-dealkylation sites (tertiary alicyclic amines) is 1. The molecule has 11 heteroatoms. The monoisotopic (exact) mass is 553 g/mol. The van der Waals surface area contributed by atoms with E-state index in [1.807, 2.05) is 18.2 Å². The van der Waals surface area contributed by atoms with Crippen LogP contribution in [0.2, 0.25) is 0 Å². The number of anilines is 3. The molecule has 3 aromatic rings. The van der Waals surface area contributed by atoms with E-state index in [-0.39, 0.29) is 11.9 Å². The van der Waals surface area contributed by atoms with Gasteiger partial charge in [0.25, 0.3) is 5.91 Å². The number of nitrogens with one attached hydrogen (secondary N) is 1. The molecule has 3 saturated heterocycles. The number of piperidine rings is 1. The maximum atomic E-state index is 13.2. The fourth-order valence-electron chi connectivity index (χ4n) is 5.86. The van der Waals surface area contributed by atoms with Crippen LogP contribution in [0.4, 0.5) is 17.3 Å². The molecule has 10 nitrogen and oxygen atoms in total. The van der Waals surface area contributed by atoms with Crippen LogP contribution < -0.4 is 20.9 Å². The molecule has 190 valence electrons. The van der Waals surface area contributed by atoms with Crippen LogP contribution >= 0.6 is 15.9 Å². The van der Waals surface area contributed by atoms with E-state index in [4.69, 9.17) is 10.7 Å². The van der Waals surface area contributed by atoms with Crippen molar-refractivity contribution in [3.63, 3.8) is 0 Å². The van der Waals surface area contributed by atoms with Crippen molar-refractivity contribution in [2.24, 2.45) is 5.41 Å². The summed E-state index contributed by atoms with van der Waals surface area (Å²) < 4.78 is 2.57. The number of fused-ring (bicyclic) bond motifs is 1. The van der Waals surface area contributed by atoms with E-state index in [2.05, 4.69) is 59.9 Å². The van der Waals surface area contributed by atoms with Crippen molar-refractivity contribution < 1.29 is 4.79 Å². The van der Waals surface area contributed by atoms with Crippen molar-refractivity contribution in [2.45, 2.75) is 38.8 Å². The first-order valence-electron chi connectivity index (χ1n) is 12.6. The van der Waals surface area contributed by atoms with E-state index in [0.29, 0.717) is 29.5 Å². The summed E-state index contributed by atoms with van der Waals surface area (Å²) in [5.74, 6) is 1.20. The lowest BCUT2D eigenvalue weighted by molar-refractivity contribution is -0.0414. The summed E-state index contributed by atoms with van der Waals surface area (Å²) in [4.78, 5) is 29.1. The quantitative estimate of drug-likeness (QED) is 0.495. The molecule has 0 aromatic carbocycles. The molecule has 0 bridgehead atoms. The number of pyridine rings is 1. The number of carbonyl (C=O) groups is 1. The molecule has 36 heavy (non-hydrogen) atoms. The number of nitrogens with zero attached hydrogens (tertiary/aromatic N) is 7. The van der Waals surface area contributed by atoms with Gasteiger partial charge < -0.3 is 20.9 Å². The Morgan fingerprint density at radius 2 is 2.03 bits per heavy atom. The Morgan fingerprint density at radius 3 is 2.81 bits per heavy atom. The Bertz CT molecular complexity index is 1290. The Morgan fingerprint density at radius 1 is 1.22 bits per heavy atom. The second kappa shape index (κ2) is 8.88. The summed E-state index contributed by atoms with van der Waals surface area (Å²) in [5.41, 5.74) is 8.79. The number of nitrogen functional groups attached to an aromatic ring is 1. The van der Waals surface area contributed by atoms with Crippen molar-refractivity contribution in [1.82, 2.24) is 29.8 Å². The fraction of sp³-hybridized carbons (Fsp3) is 0.520. The molecule has 1 spiro atoms. The number of hydrogen-bond acceptors (Lipinski definition) is 8. The van der Waals surface area contributed by atoms with Crippen molar-refractivity contribution in [2.75, 3.05) is 54.8 Å². The second-order valence-corrected chi connectivity index (χ2v) is 11.6. The first kappa shape index (κ1) is 23.5. The molecule has 1 atom stereocenters. The van der Waals surface area contributed by atoms with E-state index in [1.54, 1.807) is 10.6 Å². The fourth-order valence-corrected chi connectivity index (χ4v) is 6.34. The Labute approximate surface area is 219 Å². The van der Waals surface area contributed by atoms with Gasteiger partial charge in [-0.25, -0.2) is 14.5 Å². The third-order valence-corrected chi connectivity index (χ3v) is 8.33. The summed E-state index contributed by atoms with van der Waals surface area (Å²) in [6.45, 7) is 10.4. The van der Waals surface area contributed by atoms with Gasteiger partial charge in [-0.15, -0.1) is 0 Å². The van der Waals surface area contributed by atoms with Gasteiger partial charge in [0.2, 0.25) is 0 Å². The van der Waals surface area contributed by atoms with Gasteiger partial charge in [-0.05, 0) is 60.8 Å². The average Bonchev–Trinajstić information content (AvgIpc) is 3.15. The lowest BCUT2D eigenvalue weighted by Gasteiger charge is -2.61. The molecule has 3 aliphatic heterocycles. The smallest absolute Gasteiger partial charge is 0.270 e. The van der Waals surface area contributed by atoms with Gasteiger partial charge in [-0.1, -0.05) is 6.07 Å². The number of nitrogens with two attached hydrogens (primary N) is 1. The van der Waals surface area contributed by atoms with E-state index < -0.39 is 0 Å². The normalized spacial score (nSPS) is 21.6. The second-order valence-electron chi connectivity index (χ2n) is 10.8. The molecule has 3 aromatic heterocycles. The predicted octanol–water partition coefficient (Wildman–Crippen LogP) is 2.40. The summed E-state index contributed by atoms with van der Waals surface area (Å²) in [7, 11) is 0. The standard InChI is InChI=1S/C25H32BrN9O/c1-16(2)33-11-25(12-33)13-34(14-25)21-7-3-6-18(31-21)24(36)30-17-5-4-8-32(10-17)19-9-20(26)35-22(19)23(27)28-15-29-35/h3,6-7,9,15-17H,4-5,8,10-14H2,1-2H3,(H,30,36)(H2,27,28,29)/t17-/m1/s1. The number of hydrogen-bond donors (Lipinski definition) is 2. The number of halogens is 1. The van der Waals surface area contributed by atoms with E-state index in [9.17, 15) is 4.79 Å². The van der Waals surface area contributed by atoms with Crippen LogP contribution in [0.15, 0.2) is 35.2 Å². The number of amides is 1. The van der Waals surface area contributed by atoms with Gasteiger partial charge in [0.1, 0.15) is 28.0 Å². The van der Waals surface area contributed by atoms with Gasteiger partial charge in [0.05, 0.1) is 5.69 Å². The highest BCUT2D eigenvalue weighted by atomic mass is 79.9. The Hall–Kier alpha value is -2.92. The minimum absolute atomic E-state index is 0.0144. The van der Waals surface area contributed by atoms with Crippen molar-refractivity contribution >= 4 is 44.7 Å². The minimum atomic E-state index is -0.126. The zero-order valence-corrected chi connectivity index (χ0v) is 22.3. The topological polar surface area (TPSA) is 108 Å². The maximum Gasteiger partial charge on any atom is 0.270 e. The molecule has 0 saturated carbocycles. The van der Waals surface area contributed by atoms with Crippen molar-refractivity contribution in [3.8, 4) is 0 Å². The first-order valence-corrected chi connectivity index (χ1v) is 13.4. The molecular formula is C25H32BrN9O. The molecular weight excluding hydrogens is 522 g/mol. The van der Waals surface area contributed by atoms with Gasteiger partial charge >= 0.3 is 0 Å². The predicted molar refractivity (Wildman–Crippen MR) is 143 cm³/mol. The largest absolute Gasteiger partial charge is 0.382 e. The third-order valence-electron chi connectivity index (χ3n) is 7.77. The molecule has 6 heterocycles. The minimum Gasteiger partial charge on any atom is -0.382 e. The van der Waals surface area contributed by atoms with Crippen molar-refractivity contribution in [1.29, 1.82) is 0 Å². The highest BCUT2D eigenvalue weighted by Crippen LogP contribution is 2.42. The van der Waals surface area contributed by atoms with Crippen LogP contribution in [0.1, 0.15) is 37.2 Å². The molecule has 0 aliphatic carbocycles. The lowest BCUT2D eigenvalue weighted by Crippen LogP contribution is -2.73. The van der Waals surface area contributed by atoms with Gasteiger partial charge in [-0.3, -0.25) is 9.69 Å². The number of rotatable bonds is 5. The first-order chi connectivity index (χ1) is 17.3. The molecule has 1 amide bonds. The molecule has 0 radical (unpaired) electrons. The van der Waals surface area contributed by atoms with Crippen LogP contribution in [0.25, 0.3) is 5.52 Å². The lowest BCUT2D eigenvalue weighted by atomic mass is 9.72. The van der Waals surface area contributed by atoms with Crippen LogP contribution in [-0.2, 0) is 0 Å². The SMILES string of the molecule is CC(C)N1CC2(CN(c3cccc(C(=O)N[C@@H]4CCCN(c5cc(Br)n6ncnc(N)c56)C4)n3)C2)C1. The zero-order valence-electron chi connectivity index (χ0n) is 20.7. The van der Waals surface area contributed by atoms with Crippen molar-refractivity contribution in [3.05, 3.63) is 40.9 Å².